The second-order valence-electron chi connectivity index (χ2n) is 5.10. The molecular weight excluding hydrogens is 270 g/mol. The van der Waals surface area contributed by atoms with Gasteiger partial charge in [-0.15, -0.1) is 6.42 Å². The number of rotatable bonds is 5. The van der Waals surface area contributed by atoms with Crippen LogP contribution in [0.3, 0.4) is 0 Å². The molecule has 0 aliphatic carbocycles. The molecule has 0 saturated carbocycles. The van der Waals surface area contributed by atoms with Gasteiger partial charge in [0.1, 0.15) is 5.75 Å². The standard InChI is InChI=1S/C16H21NO2S/c1-6-12(3)19-13-9-8-10-14(11-13)20-15(18)17-16(4,5)7-2/h2,8-12H,6H2,1,3-5H3,(H,17,18)/t12-/m0/s1. The molecule has 1 atom stereocenters. The zero-order valence-corrected chi connectivity index (χ0v) is 13.2. The summed E-state index contributed by atoms with van der Waals surface area (Å²) in [5, 5.41) is 2.60. The van der Waals surface area contributed by atoms with E-state index in [0.717, 1.165) is 28.8 Å². The van der Waals surface area contributed by atoms with Gasteiger partial charge in [-0.25, -0.2) is 0 Å². The fourth-order valence-electron chi connectivity index (χ4n) is 1.35. The monoisotopic (exact) mass is 291 g/mol. The first-order chi connectivity index (χ1) is 9.36. The predicted octanol–water partition coefficient (Wildman–Crippen LogP) is 4.08. The molecule has 0 bridgehead atoms. The van der Waals surface area contributed by atoms with Gasteiger partial charge >= 0.3 is 0 Å². The number of benzene rings is 1. The lowest BCUT2D eigenvalue weighted by molar-refractivity contribution is 0.217. The molecule has 0 spiro atoms. The van der Waals surface area contributed by atoms with E-state index in [1.54, 1.807) is 13.8 Å². The molecule has 20 heavy (non-hydrogen) atoms. The number of terminal acetylenes is 1. The molecule has 0 aliphatic heterocycles. The first-order valence-corrected chi connectivity index (χ1v) is 7.42. The average molecular weight is 291 g/mol. The zero-order chi connectivity index (χ0) is 15.2. The second-order valence-corrected chi connectivity index (χ2v) is 6.14. The number of ether oxygens (including phenoxy) is 1. The number of hydrogen-bond donors (Lipinski definition) is 1. The van der Waals surface area contributed by atoms with Crippen molar-refractivity contribution in [2.45, 2.75) is 50.7 Å². The van der Waals surface area contributed by atoms with Crippen LogP contribution in [0, 0.1) is 12.3 Å². The molecule has 1 aromatic rings. The molecule has 3 nitrogen and oxygen atoms in total. The number of carbonyl (C=O) groups excluding carboxylic acids is 1. The minimum atomic E-state index is -0.644. The van der Waals surface area contributed by atoms with Crippen LogP contribution in [0.4, 0.5) is 4.79 Å². The highest BCUT2D eigenvalue weighted by Crippen LogP contribution is 2.25. The van der Waals surface area contributed by atoms with Crippen molar-refractivity contribution >= 4 is 17.0 Å². The Morgan fingerprint density at radius 3 is 2.85 bits per heavy atom. The number of hydrogen-bond acceptors (Lipinski definition) is 3. The number of amides is 1. The van der Waals surface area contributed by atoms with E-state index in [1.165, 1.54) is 0 Å². The van der Waals surface area contributed by atoms with E-state index in [9.17, 15) is 4.79 Å². The van der Waals surface area contributed by atoms with Crippen LogP contribution in [0.5, 0.6) is 5.75 Å². The van der Waals surface area contributed by atoms with Crippen LogP contribution in [0.25, 0.3) is 0 Å². The summed E-state index contributed by atoms with van der Waals surface area (Å²) in [5.41, 5.74) is -0.644. The fourth-order valence-corrected chi connectivity index (χ4v) is 2.19. The maximum absolute atomic E-state index is 11.9. The lowest BCUT2D eigenvalue weighted by Gasteiger charge is -2.19. The molecule has 0 radical (unpaired) electrons. The summed E-state index contributed by atoms with van der Waals surface area (Å²) >= 11 is 1.11. The molecule has 1 rings (SSSR count). The van der Waals surface area contributed by atoms with Gasteiger partial charge in [0.05, 0.1) is 11.6 Å². The van der Waals surface area contributed by atoms with Crippen molar-refractivity contribution in [1.29, 1.82) is 0 Å². The molecule has 108 valence electrons. The van der Waals surface area contributed by atoms with E-state index >= 15 is 0 Å². The summed E-state index contributed by atoms with van der Waals surface area (Å²) in [6.07, 6.45) is 6.44. The molecule has 0 unspecified atom stereocenters. The predicted molar refractivity (Wildman–Crippen MR) is 84.1 cm³/mol. The van der Waals surface area contributed by atoms with E-state index < -0.39 is 5.54 Å². The summed E-state index contributed by atoms with van der Waals surface area (Å²) in [6.45, 7) is 7.66. The highest BCUT2D eigenvalue weighted by Gasteiger charge is 2.17. The molecule has 0 heterocycles. The van der Waals surface area contributed by atoms with Crippen molar-refractivity contribution in [3.8, 4) is 18.1 Å². The maximum atomic E-state index is 11.9. The number of nitrogens with one attached hydrogen (secondary N) is 1. The van der Waals surface area contributed by atoms with E-state index in [2.05, 4.69) is 18.2 Å². The molecule has 0 aromatic heterocycles. The van der Waals surface area contributed by atoms with Crippen LogP contribution < -0.4 is 10.1 Å². The summed E-state index contributed by atoms with van der Waals surface area (Å²) in [7, 11) is 0. The number of thioether (sulfide) groups is 1. The molecule has 4 heteroatoms. The van der Waals surface area contributed by atoms with Crippen molar-refractivity contribution in [1.82, 2.24) is 5.32 Å². The van der Waals surface area contributed by atoms with Crippen LogP contribution in [0.15, 0.2) is 29.2 Å². The van der Waals surface area contributed by atoms with Crippen molar-refractivity contribution in [3.63, 3.8) is 0 Å². The van der Waals surface area contributed by atoms with Gasteiger partial charge in [-0.2, -0.15) is 0 Å². The molecule has 1 N–H and O–H groups in total. The third-order valence-electron chi connectivity index (χ3n) is 2.70. The highest BCUT2D eigenvalue weighted by atomic mass is 32.2. The van der Waals surface area contributed by atoms with E-state index in [-0.39, 0.29) is 11.3 Å². The van der Waals surface area contributed by atoms with E-state index in [1.807, 2.05) is 31.2 Å². The minimum Gasteiger partial charge on any atom is -0.491 e. The first-order valence-electron chi connectivity index (χ1n) is 6.60. The largest absolute Gasteiger partial charge is 0.491 e. The van der Waals surface area contributed by atoms with Crippen molar-refractivity contribution in [3.05, 3.63) is 24.3 Å². The molecular formula is C16H21NO2S. The molecule has 0 fully saturated rings. The Balaban J connectivity index is 2.67. The Bertz CT molecular complexity index is 505. The lowest BCUT2D eigenvalue weighted by Crippen LogP contribution is -2.39. The Morgan fingerprint density at radius 1 is 1.55 bits per heavy atom. The highest BCUT2D eigenvalue weighted by molar-refractivity contribution is 8.13. The smallest absolute Gasteiger partial charge is 0.285 e. The Kier molecular flexibility index (Phi) is 5.97. The Labute approximate surface area is 125 Å². The molecule has 0 aliphatic rings. The van der Waals surface area contributed by atoms with Gasteiger partial charge in [0, 0.05) is 4.90 Å². The Hall–Kier alpha value is -1.60. The third kappa shape index (κ3) is 5.58. The maximum Gasteiger partial charge on any atom is 0.285 e. The van der Waals surface area contributed by atoms with Crippen molar-refractivity contribution < 1.29 is 9.53 Å². The Morgan fingerprint density at radius 2 is 2.25 bits per heavy atom. The van der Waals surface area contributed by atoms with Gasteiger partial charge in [0.25, 0.3) is 5.24 Å². The minimum absolute atomic E-state index is 0.157. The van der Waals surface area contributed by atoms with E-state index in [4.69, 9.17) is 11.2 Å². The third-order valence-corrected chi connectivity index (χ3v) is 3.48. The zero-order valence-electron chi connectivity index (χ0n) is 12.4. The average Bonchev–Trinajstić information content (AvgIpc) is 2.38. The van der Waals surface area contributed by atoms with Gasteiger partial charge in [-0.05, 0) is 57.2 Å². The van der Waals surface area contributed by atoms with Gasteiger partial charge in [0.15, 0.2) is 0 Å². The fraction of sp³-hybridized carbons (Fsp3) is 0.438. The summed E-state index contributed by atoms with van der Waals surface area (Å²) in [6, 6.07) is 7.50. The van der Waals surface area contributed by atoms with E-state index in [0.29, 0.717) is 0 Å². The SMILES string of the molecule is C#CC(C)(C)NC(=O)Sc1cccc(O[C@@H](C)CC)c1. The summed E-state index contributed by atoms with van der Waals surface area (Å²) in [5.74, 6) is 3.30. The van der Waals surface area contributed by atoms with Crippen molar-refractivity contribution in [2.75, 3.05) is 0 Å². The lowest BCUT2D eigenvalue weighted by atomic mass is 10.1. The van der Waals surface area contributed by atoms with Gasteiger partial charge in [-0.3, -0.25) is 4.79 Å². The normalized spacial score (nSPS) is 12.3. The van der Waals surface area contributed by atoms with Crippen LogP contribution in [-0.2, 0) is 0 Å². The molecule has 1 aromatic carbocycles. The summed E-state index contributed by atoms with van der Waals surface area (Å²) in [4.78, 5) is 12.7. The van der Waals surface area contributed by atoms with Crippen molar-refractivity contribution in [2.24, 2.45) is 0 Å². The van der Waals surface area contributed by atoms with Crippen LogP contribution in [0.1, 0.15) is 34.1 Å². The van der Waals surface area contributed by atoms with Crippen LogP contribution in [-0.4, -0.2) is 16.9 Å². The molecule has 0 saturated heterocycles. The first kappa shape index (κ1) is 16.5. The van der Waals surface area contributed by atoms with Gasteiger partial charge < -0.3 is 10.1 Å². The quantitative estimate of drug-likeness (QED) is 0.656. The van der Waals surface area contributed by atoms with Crippen LogP contribution in [0.2, 0.25) is 0 Å². The van der Waals surface area contributed by atoms with Crippen LogP contribution >= 0.6 is 11.8 Å². The number of carbonyl (C=O) groups is 1. The van der Waals surface area contributed by atoms with Gasteiger partial charge in [0.2, 0.25) is 0 Å². The summed E-state index contributed by atoms with van der Waals surface area (Å²) < 4.78 is 5.73. The second kappa shape index (κ2) is 7.25. The van der Waals surface area contributed by atoms with Gasteiger partial charge in [-0.1, -0.05) is 18.9 Å². The molecule has 1 amide bonds. The topological polar surface area (TPSA) is 38.3 Å².